The van der Waals surface area contributed by atoms with Crippen molar-refractivity contribution in [1.29, 1.82) is 0 Å². The molecule has 2 rings (SSSR count). The Morgan fingerprint density at radius 1 is 1.29 bits per heavy atom. The molecule has 0 aliphatic carbocycles. The first kappa shape index (κ1) is 12.2. The number of rotatable bonds is 3. The summed E-state index contributed by atoms with van der Waals surface area (Å²) in [6.07, 6.45) is 0.631. The molecule has 1 saturated heterocycles. The summed E-state index contributed by atoms with van der Waals surface area (Å²) in [6, 6.07) is 4.55. The molecule has 1 aromatic rings. The topological polar surface area (TPSA) is 86.6 Å². The van der Waals surface area contributed by atoms with Crippen LogP contribution in [-0.4, -0.2) is 36.2 Å². The summed E-state index contributed by atoms with van der Waals surface area (Å²) in [5, 5.41) is 21.6. The molecule has 17 heavy (non-hydrogen) atoms. The highest BCUT2D eigenvalue weighted by molar-refractivity contribution is 7.91. The Morgan fingerprint density at radius 2 is 2.06 bits per heavy atom. The van der Waals surface area contributed by atoms with Gasteiger partial charge in [-0.05, 0) is 24.1 Å². The third kappa shape index (κ3) is 3.10. The molecule has 3 N–H and O–H groups in total. The lowest BCUT2D eigenvalue weighted by Crippen LogP contribution is -2.29. The Kier molecular flexibility index (Phi) is 3.26. The van der Waals surface area contributed by atoms with Crippen molar-refractivity contribution in [2.24, 2.45) is 0 Å². The molecule has 1 unspecified atom stereocenters. The van der Waals surface area contributed by atoms with Crippen LogP contribution in [0.25, 0.3) is 0 Å². The van der Waals surface area contributed by atoms with Gasteiger partial charge in [0, 0.05) is 12.6 Å². The van der Waals surface area contributed by atoms with E-state index in [2.05, 4.69) is 5.32 Å². The summed E-state index contributed by atoms with van der Waals surface area (Å²) >= 11 is 0. The number of phenolic OH excluding ortho intramolecular Hbond substituents is 2. The van der Waals surface area contributed by atoms with E-state index in [0.29, 0.717) is 13.0 Å². The van der Waals surface area contributed by atoms with Crippen LogP contribution in [0, 0.1) is 0 Å². The van der Waals surface area contributed by atoms with E-state index in [1.807, 2.05) is 0 Å². The highest BCUT2D eigenvalue weighted by Gasteiger charge is 2.27. The maximum Gasteiger partial charge on any atom is 0.157 e. The molecule has 94 valence electrons. The fourth-order valence-electron chi connectivity index (χ4n) is 1.90. The summed E-state index contributed by atoms with van der Waals surface area (Å²) in [6.45, 7) is 0.480. The second-order valence-electron chi connectivity index (χ2n) is 4.30. The van der Waals surface area contributed by atoms with E-state index in [0.717, 1.165) is 5.56 Å². The lowest BCUT2D eigenvalue weighted by atomic mass is 10.2. The third-order valence-electron chi connectivity index (χ3n) is 2.87. The zero-order valence-corrected chi connectivity index (χ0v) is 10.1. The molecule has 0 spiro atoms. The smallest absolute Gasteiger partial charge is 0.157 e. The number of hydrogen-bond donors (Lipinski definition) is 3. The molecule has 1 aliphatic heterocycles. The molecule has 1 aliphatic rings. The molecule has 0 bridgehead atoms. The first-order valence-corrected chi connectivity index (χ1v) is 7.23. The number of nitrogens with one attached hydrogen (secondary N) is 1. The first-order valence-electron chi connectivity index (χ1n) is 5.41. The van der Waals surface area contributed by atoms with Gasteiger partial charge in [-0.1, -0.05) is 6.07 Å². The number of benzene rings is 1. The van der Waals surface area contributed by atoms with Crippen molar-refractivity contribution in [3.8, 4) is 11.5 Å². The lowest BCUT2D eigenvalue weighted by molar-refractivity contribution is 0.402. The van der Waals surface area contributed by atoms with E-state index in [1.54, 1.807) is 6.07 Å². The average Bonchev–Trinajstić information content (AvgIpc) is 2.60. The van der Waals surface area contributed by atoms with Crippen LogP contribution in [0.4, 0.5) is 0 Å². The van der Waals surface area contributed by atoms with Crippen LogP contribution in [0.3, 0.4) is 0 Å². The molecular weight excluding hydrogens is 242 g/mol. The van der Waals surface area contributed by atoms with Crippen molar-refractivity contribution in [1.82, 2.24) is 5.32 Å². The molecule has 0 amide bonds. The van der Waals surface area contributed by atoms with Gasteiger partial charge in [0.2, 0.25) is 0 Å². The van der Waals surface area contributed by atoms with Crippen molar-refractivity contribution < 1.29 is 18.6 Å². The van der Waals surface area contributed by atoms with Crippen molar-refractivity contribution >= 4 is 9.84 Å². The van der Waals surface area contributed by atoms with Crippen molar-refractivity contribution in [2.75, 3.05) is 11.5 Å². The SMILES string of the molecule is O=S1(=O)CCC(NCc2ccc(O)c(O)c2)C1. The van der Waals surface area contributed by atoms with E-state index in [1.165, 1.54) is 12.1 Å². The molecule has 5 nitrogen and oxygen atoms in total. The van der Waals surface area contributed by atoms with Gasteiger partial charge in [-0.2, -0.15) is 0 Å². The monoisotopic (exact) mass is 257 g/mol. The lowest BCUT2D eigenvalue weighted by Gasteiger charge is -2.10. The Hall–Kier alpha value is -1.27. The molecule has 0 saturated carbocycles. The minimum Gasteiger partial charge on any atom is -0.504 e. The van der Waals surface area contributed by atoms with E-state index >= 15 is 0 Å². The van der Waals surface area contributed by atoms with Crippen LogP contribution in [-0.2, 0) is 16.4 Å². The molecule has 0 radical (unpaired) electrons. The van der Waals surface area contributed by atoms with Crippen molar-refractivity contribution in [3.05, 3.63) is 23.8 Å². The third-order valence-corrected chi connectivity index (χ3v) is 4.64. The summed E-state index contributed by atoms with van der Waals surface area (Å²) in [5.41, 5.74) is 0.810. The number of phenols is 2. The van der Waals surface area contributed by atoms with Crippen LogP contribution in [0.5, 0.6) is 11.5 Å². The van der Waals surface area contributed by atoms with Gasteiger partial charge in [-0.15, -0.1) is 0 Å². The Bertz CT molecular complexity index is 512. The average molecular weight is 257 g/mol. The molecule has 1 fully saturated rings. The summed E-state index contributed by atoms with van der Waals surface area (Å²) in [4.78, 5) is 0. The molecule has 1 atom stereocenters. The van der Waals surface area contributed by atoms with Crippen molar-refractivity contribution in [2.45, 2.75) is 19.0 Å². The van der Waals surface area contributed by atoms with Gasteiger partial charge in [-0.3, -0.25) is 0 Å². The predicted molar refractivity (Wildman–Crippen MR) is 63.7 cm³/mol. The van der Waals surface area contributed by atoms with Crippen LogP contribution < -0.4 is 5.32 Å². The second-order valence-corrected chi connectivity index (χ2v) is 6.53. The van der Waals surface area contributed by atoms with Crippen LogP contribution >= 0.6 is 0 Å². The van der Waals surface area contributed by atoms with Crippen molar-refractivity contribution in [3.63, 3.8) is 0 Å². The number of aromatic hydroxyl groups is 2. The van der Waals surface area contributed by atoms with Gasteiger partial charge in [0.1, 0.15) is 0 Å². The fraction of sp³-hybridized carbons (Fsp3) is 0.455. The van der Waals surface area contributed by atoms with Gasteiger partial charge >= 0.3 is 0 Å². The first-order chi connectivity index (χ1) is 7.96. The minimum absolute atomic E-state index is 0.0176. The fourth-order valence-corrected chi connectivity index (χ4v) is 3.61. The summed E-state index contributed by atoms with van der Waals surface area (Å²) in [7, 11) is -2.87. The maximum absolute atomic E-state index is 11.2. The van der Waals surface area contributed by atoms with E-state index < -0.39 is 9.84 Å². The largest absolute Gasteiger partial charge is 0.504 e. The van der Waals surface area contributed by atoms with E-state index in [4.69, 9.17) is 5.11 Å². The minimum atomic E-state index is -2.87. The summed E-state index contributed by atoms with van der Waals surface area (Å²) < 4.78 is 22.5. The van der Waals surface area contributed by atoms with Crippen LogP contribution in [0.15, 0.2) is 18.2 Å². The second kappa shape index (κ2) is 4.54. The molecule has 0 aromatic heterocycles. The van der Waals surface area contributed by atoms with Crippen LogP contribution in [0.2, 0.25) is 0 Å². The normalized spacial score (nSPS) is 22.7. The molecular formula is C11H15NO4S. The highest BCUT2D eigenvalue weighted by atomic mass is 32.2. The zero-order valence-electron chi connectivity index (χ0n) is 9.26. The van der Waals surface area contributed by atoms with Gasteiger partial charge < -0.3 is 15.5 Å². The van der Waals surface area contributed by atoms with Crippen LogP contribution in [0.1, 0.15) is 12.0 Å². The van der Waals surface area contributed by atoms with Gasteiger partial charge in [0.25, 0.3) is 0 Å². The molecule has 6 heteroatoms. The van der Waals surface area contributed by atoms with E-state index in [-0.39, 0.29) is 29.0 Å². The predicted octanol–water partition coefficient (Wildman–Crippen LogP) is 0.374. The van der Waals surface area contributed by atoms with Gasteiger partial charge in [0.05, 0.1) is 11.5 Å². The Balaban J connectivity index is 1.92. The standard InChI is InChI=1S/C11H15NO4S/c13-10-2-1-8(5-11(10)14)6-12-9-3-4-17(15,16)7-9/h1-2,5,9,12-14H,3-4,6-7H2. The zero-order chi connectivity index (χ0) is 12.5. The quantitative estimate of drug-likeness (QED) is 0.681. The van der Waals surface area contributed by atoms with E-state index in [9.17, 15) is 13.5 Å². The number of hydrogen-bond acceptors (Lipinski definition) is 5. The maximum atomic E-state index is 11.2. The molecule has 1 aromatic carbocycles. The van der Waals surface area contributed by atoms with Gasteiger partial charge in [-0.25, -0.2) is 8.42 Å². The van der Waals surface area contributed by atoms with Gasteiger partial charge in [0.15, 0.2) is 21.3 Å². The Labute approximate surface area is 100 Å². The molecule has 1 heterocycles. The summed E-state index contributed by atoms with van der Waals surface area (Å²) in [5.74, 6) is 0.100. The number of sulfone groups is 1. The Morgan fingerprint density at radius 3 is 2.65 bits per heavy atom. The highest BCUT2D eigenvalue weighted by Crippen LogP contribution is 2.24.